The SMILES string of the molecule is CSc1ccc(-c2cc(-c3ccc(SC)cc3)n(-c3ccc(S(C)(=O)=O)cc3)n2)cc1. The number of hydrogen-bond acceptors (Lipinski definition) is 5. The first-order valence-corrected chi connectivity index (χ1v) is 13.9. The molecule has 0 atom stereocenters. The Morgan fingerprint density at radius 1 is 0.742 bits per heavy atom. The molecule has 4 aromatic rings. The number of sulfone groups is 1. The number of benzene rings is 3. The average Bonchev–Trinajstić information content (AvgIpc) is 3.24. The van der Waals surface area contributed by atoms with Gasteiger partial charge in [-0.3, -0.25) is 0 Å². The minimum absolute atomic E-state index is 0.294. The molecule has 0 amide bonds. The van der Waals surface area contributed by atoms with E-state index in [1.807, 2.05) is 4.68 Å². The summed E-state index contributed by atoms with van der Waals surface area (Å²) in [7, 11) is -3.25. The van der Waals surface area contributed by atoms with Crippen molar-refractivity contribution in [2.24, 2.45) is 0 Å². The molecule has 158 valence electrons. The maximum absolute atomic E-state index is 11.8. The molecule has 31 heavy (non-hydrogen) atoms. The van der Waals surface area contributed by atoms with Crippen LogP contribution >= 0.6 is 23.5 Å². The van der Waals surface area contributed by atoms with Crippen molar-refractivity contribution in [2.45, 2.75) is 14.7 Å². The van der Waals surface area contributed by atoms with Crippen LogP contribution in [0.15, 0.2) is 93.5 Å². The van der Waals surface area contributed by atoms with Crippen LogP contribution in [0.3, 0.4) is 0 Å². The third-order valence-corrected chi connectivity index (χ3v) is 7.61. The van der Waals surface area contributed by atoms with Crippen LogP contribution in [0, 0.1) is 0 Å². The van der Waals surface area contributed by atoms with E-state index in [4.69, 9.17) is 5.10 Å². The van der Waals surface area contributed by atoms with Gasteiger partial charge in [0.2, 0.25) is 0 Å². The fraction of sp³-hybridized carbons (Fsp3) is 0.125. The summed E-state index contributed by atoms with van der Waals surface area (Å²) < 4.78 is 25.6. The van der Waals surface area contributed by atoms with Crippen molar-refractivity contribution in [2.75, 3.05) is 18.8 Å². The van der Waals surface area contributed by atoms with Gasteiger partial charge in [0, 0.05) is 27.2 Å². The largest absolute Gasteiger partial charge is 0.232 e. The van der Waals surface area contributed by atoms with Crippen LogP contribution in [0.4, 0.5) is 0 Å². The van der Waals surface area contributed by atoms with Crippen LogP contribution in [-0.4, -0.2) is 37.0 Å². The molecule has 0 bridgehead atoms. The number of nitrogens with zero attached hydrogens (tertiary/aromatic N) is 2. The van der Waals surface area contributed by atoms with E-state index < -0.39 is 9.84 Å². The highest BCUT2D eigenvalue weighted by atomic mass is 32.2. The Kier molecular flexibility index (Phi) is 6.27. The maximum atomic E-state index is 11.8. The van der Waals surface area contributed by atoms with E-state index in [1.165, 1.54) is 16.0 Å². The van der Waals surface area contributed by atoms with Gasteiger partial charge in [-0.1, -0.05) is 24.3 Å². The molecule has 0 aliphatic carbocycles. The lowest BCUT2D eigenvalue weighted by molar-refractivity contribution is 0.602. The maximum Gasteiger partial charge on any atom is 0.175 e. The third-order valence-electron chi connectivity index (χ3n) is 4.99. The van der Waals surface area contributed by atoms with Gasteiger partial charge >= 0.3 is 0 Å². The van der Waals surface area contributed by atoms with Crippen molar-refractivity contribution in [1.29, 1.82) is 0 Å². The molecule has 4 nitrogen and oxygen atoms in total. The fourth-order valence-corrected chi connectivity index (χ4v) is 4.73. The Hall–Kier alpha value is -2.48. The predicted octanol–water partition coefficient (Wildman–Crippen LogP) is 6.05. The van der Waals surface area contributed by atoms with Crippen molar-refractivity contribution >= 4 is 33.4 Å². The number of rotatable bonds is 6. The second kappa shape index (κ2) is 8.94. The summed E-state index contributed by atoms with van der Waals surface area (Å²) in [5, 5.41) is 4.87. The van der Waals surface area contributed by atoms with Crippen LogP contribution in [0.2, 0.25) is 0 Å². The minimum atomic E-state index is -3.25. The number of thioether (sulfide) groups is 2. The van der Waals surface area contributed by atoms with E-state index in [0.29, 0.717) is 4.90 Å². The first-order chi connectivity index (χ1) is 14.9. The molecule has 4 rings (SSSR count). The van der Waals surface area contributed by atoms with Gasteiger partial charge in [0.15, 0.2) is 9.84 Å². The average molecular weight is 467 g/mol. The summed E-state index contributed by atoms with van der Waals surface area (Å²) >= 11 is 3.41. The minimum Gasteiger partial charge on any atom is -0.232 e. The Morgan fingerprint density at radius 3 is 1.74 bits per heavy atom. The highest BCUT2D eigenvalue weighted by Crippen LogP contribution is 2.31. The van der Waals surface area contributed by atoms with Gasteiger partial charge in [-0.15, -0.1) is 23.5 Å². The predicted molar refractivity (Wildman–Crippen MR) is 131 cm³/mol. The summed E-state index contributed by atoms with van der Waals surface area (Å²) in [6.45, 7) is 0. The third kappa shape index (κ3) is 4.74. The van der Waals surface area contributed by atoms with Gasteiger partial charge in [0.05, 0.1) is 22.0 Å². The van der Waals surface area contributed by atoms with E-state index >= 15 is 0 Å². The molecule has 0 unspecified atom stereocenters. The Morgan fingerprint density at radius 2 is 1.26 bits per heavy atom. The van der Waals surface area contributed by atoms with E-state index in [9.17, 15) is 8.42 Å². The lowest BCUT2D eigenvalue weighted by Crippen LogP contribution is -2.01. The fourth-order valence-electron chi connectivity index (χ4n) is 3.28. The molecule has 0 N–H and O–H groups in total. The van der Waals surface area contributed by atoms with Crippen molar-refractivity contribution in [3.8, 4) is 28.2 Å². The molecule has 0 saturated heterocycles. The highest BCUT2D eigenvalue weighted by Gasteiger charge is 2.15. The van der Waals surface area contributed by atoms with Gasteiger partial charge in [-0.2, -0.15) is 5.10 Å². The van der Waals surface area contributed by atoms with Crippen LogP contribution < -0.4 is 0 Å². The Bertz CT molecular complexity index is 1290. The second-order valence-corrected chi connectivity index (χ2v) is 10.8. The highest BCUT2D eigenvalue weighted by molar-refractivity contribution is 7.98. The Labute approximate surface area is 191 Å². The lowest BCUT2D eigenvalue weighted by Gasteiger charge is -2.09. The van der Waals surface area contributed by atoms with Crippen molar-refractivity contribution in [3.63, 3.8) is 0 Å². The van der Waals surface area contributed by atoms with E-state index in [2.05, 4.69) is 67.1 Å². The smallest absolute Gasteiger partial charge is 0.175 e. The summed E-state index contributed by atoms with van der Waals surface area (Å²) in [6.07, 6.45) is 5.32. The monoisotopic (exact) mass is 466 g/mol. The van der Waals surface area contributed by atoms with E-state index in [-0.39, 0.29) is 0 Å². The van der Waals surface area contributed by atoms with Gasteiger partial charge < -0.3 is 0 Å². The molecule has 0 saturated carbocycles. The molecule has 1 heterocycles. The summed E-state index contributed by atoms with van der Waals surface area (Å²) in [5.74, 6) is 0. The van der Waals surface area contributed by atoms with Crippen LogP contribution in [0.25, 0.3) is 28.2 Å². The van der Waals surface area contributed by atoms with Crippen LogP contribution in [0.1, 0.15) is 0 Å². The quantitative estimate of drug-likeness (QED) is 0.324. The zero-order chi connectivity index (χ0) is 22.0. The molecule has 0 aliphatic rings. The van der Waals surface area contributed by atoms with Crippen molar-refractivity contribution in [3.05, 3.63) is 78.9 Å². The van der Waals surface area contributed by atoms with Gasteiger partial charge in [-0.05, 0) is 67.1 Å². The topological polar surface area (TPSA) is 52.0 Å². The number of hydrogen-bond donors (Lipinski definition) is 0. The standard InChI is InChI=1S/C24H22N2O2S3/c1-29-20-10-4-17(5-11-20)23-16-24(18-6-12-21(30-2)13-7-18)26(25-23)19-8-14-22(15-9-19)31(3,27)28/h4-16H,1-3H3. The first-order valence-electron chi connectivity index (χ1n) is 9.58. The molecule has 7 heteroatoms. The summed E-state index contributed by atoms with van der Waals surface area (Å²) in [5.41, 5.74) is 4.70. The molecule has 0 radical (unpaired) electrons. The zero-order valence-corrected chi connectivity index (χ0v) is 19.9. The molecule has 0 fully saturated rings. The second-order valence-electron chi connectivity index (χ2n) is 7.05. The van der Waals surface area contributed by atoms with Gasteiger partial charge in [-0.25, -0.2) is 13.1 Å². The molecule has 3 aromatic carbocycles. The van der Waals surface area contributed by atoms with Crippen LogP contribution in [-0.2, 0) is 9.84 Å². The van der Waals surface area contributed by atoms with E-state index in [0.717, 1.165) is 28.2 Å². The summed E-state index contributed by atoms with van der Waals surface area (Å²) in [6, 6.07) is 25.6. The normalized spacial score (nSPS) is 11.6. The molecular weight excluding hydrogens is 444 g/mol. The van der Waals surface area contributed by atoms with Gasteiger partial charge in [0.25, 0.3) is 0 Å². The molecular formula is C24H22N2O2S3. The first kappa shape index (κ1) is 21.7. The molecule has 1 aromatic heterocycles. The lowest BCUT2D eigenvalue weighted by atomic mass is 10.1. The number of aromatic nitrogens is 2. The van der Waals surface area contributed by atoms with E-state index in [1.54, 1.807) is 47.8 Å². The van der Waals surface area contributed by atoms with Crippen molar-refractivity contribution in [1.82, 2.24) is 9.78 Å². The molecule has 0 spiro atoms. The summed E-state index contributed by atoms with van der Waals surface area (Å²) in [4.78, 5) is 2.69. The van der Waals surface area contributed by atoms with Gasteiger partial charge in [0.1, 0.15) is 0 Å². The van der Waals surface area contributed by atoms with Crippen molar-refractivity contribution < 1.29 is 8.42 Å². The Balaban J connectivity index is 1.83. The molecule has 0 aliphatic heterocycles. The van der Waals surface area contributed by atoms with Crippen LogP contribution in [0.5, 0.6) is 0 Å². The zero-order valence-electron chi connectivity index (χ0n) is 17.4.